The number of hydrogen-bond acceptors (Lipinski definition) is 3. The van der Waals surface area contributed by atoms with E-state index in [-0.39, 0.29) is 5.41 Å². The molecule has 0 bridgehead atoms. The van der Waals surface area contributed by atoms with E-state index in [1.165, 1.54) is 5.56 Å². The second-order valence-electron chi connectivity index (χ2n) is 6.39. The molecule has 3 heteroatoms. The number of ether oxygens (including phenoxy) is 1. The smallest absolute Gasteiger partial charge is 0.119 e. The molecule has 0 atom stereocenters. The van der Waals surface area contributed by atoms with Crippen LogP contribution in [0.25, 0.3) is 0 Å². The third-order valence-electron chi connectivity index (χ3n) is 4.57. The van der Waals surface area contributed by atoms with Gasteiger partial charge in [-0.3, -0.25) is 0 Å². The molecule has 0 aromatic heterocycles. The maximum absolute atomic E-state index is 5.79. The second kappa shape index (κ2) is 9.86. The molecule has 126 valence electrons. The van der Waals surface area contributed by atoms with Crippen molar-refractivity contribution >= 4 is 0 Å². The Balaban J connectivity index is 2.23. The van der Waals surface area contributed by atoms with E-state index < -0.39 is 0 Å². The highest BCUT2D eigenvalue weighted by Crippen LogP contribution is 2.27. The molecule has 0 aliphatic heterocycles. The van der Waals surface area contributed by atoms with Gasteiger partial charge in [0.25, 0.3) is 0 Å². The summed E-state index contributed by atoms with van der Waals surface area (Å²) < 4.78 is 5.79. The van der Waals surface area contributed by atoms with Crippen LogP contribution in [0.2, 0.25) is 0 Å². The topological polar surface area (TPSA) is 24.5 Å². The van der Waals surface area contributed by atoms with E-state index in [1.54, 1.807) is 0 Å². The van der Waals surface area contributed by atoms with Crippen LogP contribution in [0.5, 0.6) is 5.75 Å². The van der Waals surface area contributed by atoms with E-state index in [0.29, 0.717) is 0 Å². The standard InChI is InChI=1S/C19H34N2O/c1-6-19(4,5)17-9-11-18(12-10-17)22-16-14-20-13-15-21(7-2)8-3/h9-12,20H,6-8,13-16H2,1-5H3. The summed E-state index contributed by atoms with van der Waals surface area (Å²) in [6, 6.07) is 8.55. The SMILES string of the molecule is CCN(CC)CCNCCOc1ccc(C(C)(C)CC)cc1. The zero-order chi connectivity index (χ0) is 16.4. The van der Waals surface area contributed by atoms with Gasteiger partial charge in [0.2, 0.25) is 0 Å². The normalized spacial score (nSPS) is 11.9. The van der Waals surface area contributed by atoms with E-state index >= 15 is 0 Å². The fourth-order valence-electron chi connectivity index (χ4n) is 2.35. The maximum Gasteiger partial charge on any atom is 0.119 e. The number of rotatable bonds is 11. The number of nitrogens with one attached hydrogen (secondary N) is 1. The summed E-state index contributed by atoms with van der Waals surface area (Å²) in [6.07, 6.45) is 1.14. The summed E-state index contributed by atoms with van der Waals surface area (Å²) >= 11 is 0. The minimum Gasteiger partial charge on any atom is -0.492 e. The molecule has 1 N–H and O–H groups in total. The van der Waals surface area contributed by atoms with Crippen LogP contribution in [0.4, 0.5) is 0 Å². The minimum absolute atomic E-state index is 0.241. The average molecular weight is 306 g/mol. The molecule has 0 aliphatic carbocycles. The molecule has 0 aliphatic rings. The Hall–Kier alpha value is -1.06. The fraction of sp³-hybridized carbons (Fsp3) is 0.684. The molecule has 0 unspecified atom stereocenters. The predicted octanol–water partition coefficient (Wildman–Crippen LogP) is 3.68. The lowest BCUT2D eigenvalue weighted by Crippen LogP contribution is -2.33. The zero-order valence-electron chi connectivity index (χ0n) is 15.1. The lowest BCUT2D eigenvalue weighted by molar-refractivity contribution is 0.285. The van der Waals surface area contributed by atoms with Crippen molar-refractivity contribution in [3.8, 4) is 5.75 Å². The molecule has 1 rings (SSSR count). The summed E-state index contributed by atoms with van der Waals surface area (Å²) in [4.78, 5) is 2.42. The summed E-state index contributed by atoms with van der Waals surface area (Å²) in [7, 11) is 0. The van der Waals surface area contributed by atoms with Crippen LogP contribution < -0.4 is 10.1 Å². The lowest BCUT2D eigenvalue weighted by Gasteiger charge is -2.23. The van der Waals surface area contributed by atoms with Crippen molar-refractivity contribution in [1.29, 1.82) is 0 Å². The molecule has 0 saturated heterocycles. The van der Waals surface area contributed by atoms with Gasteiger partial charge in [-0.05, 0) is 42.6 Å². The molecule has 0 spiro atoms. The summed E-state index contributed by atoms with van der Waals surface area (Å²) in [6.45, 7) is 17.2. The van der Waals surface area contributed by atoms with E-state index in [2.05, 4.69) is 69.1 Å². The first-order chi connectivity index (χ1) is 10.5. The van der Waals surface area contributed by atoms with Crippen molar-refractivity contribution < 1.29 is 4.74 Å². The van der Waals surface area contributed by atoms with Crippen LogP contribution in [-0.2, 0) is 5.41 Å². The van der Waals surface area contributed by atoms with Crippen molar-refractivity contribution in [2.24, 2.45) is 0 Å². The van der Waals surface area contributed by atoms with Gasteiger partial charge >= 0.3 is 0 Å². The Bertz CT molecular complexity index is 396. The molecule has 0 heterocycles. The number of nitrogens with zero attached hydrogens (tertiary/aromatic N) is 1. The quantitative estimate of drug-likeness (QED) is 0.631. The molecule has 1 aromatic carbocycles. The predicted molar refractivity (Wildman–Crippen MR) is 95.9 cm³/mol. The van der Waals surface area contributed by atoms with Crippen molar-refractivity contribution in [3.05, 3.63) is 29.8 Å². The van der Waals surface area contributed by atoms with Crippen LogP contribution in [-0.4, -0.2) is 44.2 Å². The van der Waals surface area contributed by atoms with Gasteiger partial charge in [-0.15, -0.1) is 0 Å². The Morgan fingerprint density at radius 2 is 1.64 bits per heavy atom. The Labute approximate surface area is 137 Å². The van der Waals surface area contributed by atoms with Gasteiger partial charge in [0.1, 0.15) is 12.4 Å². The minimum atomic E-state index is 0.241. The van der Waals surface area contributed by atoms with Crippen LogP contribution >= 0.6 is 0 Å². The molecule has 0 amide bonds. The third kappa shape index (κ3) is 6.37. The Morgan fingerprint density at radius 3 is 2.18 bits per heavy atom. The lowest BCUT2D eigenvalue weighted by atomic mass is 9.82. The Kier molecular flexibility index (Phi) is 8.51. The number of hydrogen-bond donors (Lipinski definition) is 1. The van der Waals surface area contributed by atoms with E-state index in [1.807, 2.05) is 0 Å². The summed E-state index contributed by atoms with van der Waals surface area (Å²) in [5.41, 5.74) is 1.62. The van der Waals surface area contributed by atoms with Crippen molar-refractivity contribution in [3.63, 3.8) is 0 Å². The molecule has 0 radical (unpaired) electrons. The molecule has 22 heavy (non-hydrogen) atoms. The zero-order valence-corrected chi connectivity index (χ0v) is 15.1. The largest absolute Gasteiger partial charge is 0.492 e. The van der Waals surface area contributed by atoms with E-state index in [0.717, 1.165) is 51.5 Å². The van der Waals surface area contributed by atoms with Crippen LogP contribution in [0.1, 0.15) is 46.6 Å². The van der Waals surface area contributed by atoms with Crippen LogP contribution in [0.3, 0.4) is 0 Å². The van der Waals surface area contributed by atoms with Crippen LogP contribution in [0, 0.1) is 0 Å². The maximum atomic E-state index is 5.79. The number of likely N-dealkylation sites (N-methyl/N-ethyl adjacent to an activating group) is 1. The second-order valence-corrected chi connectivity index (χ2v) is 6.39. The van der Waals surface area contributed by atoms with Gasteiger partial charge in [-0.25, -0.2) is 0 Å². The highest BCUT2D eigenvalue weighted by Gasteiger charge is 2.17. The molecular formula is C19H34N2O. The van der Waals surface area contributed by atoms with Gasteiger partial charge in [0, 0.05) is 19.6 Å². The highest BCUT2D eigenvalue weighted by atomic mass is 16.5. The average Bonchev–Trinajstić information content (AvgIpc) is 2.54. The number of benzene rings is 1. The Morgan fingerprint density at radius 1 is 1.00 bits per heavy atom. The van der Waals surface area contributed by atoms with Crippen molar-refractivity contribution in [2.75, 3.05) is 39.3 Å². The van der Waals surface area contributed by atoms with Crippen molar-refractivity contribution in [1.82, 2.24) is 10.2 Å². The van der Waals surface area contributed by atoms with Gasteiger partial charge in [-0.1, -0.05) is 46.8 Å². The first-order valence-corrected chi connectivity index (χ1v) is 8.69. The van der Waals surface area contributed by atoms with E-state index in [9.17, 15) is 0 Å². The van der Waals surface area contributed by atoms with Crippen molar-refractivity contribution in [2.45, 2.75) is 46.5 Å². The molecule has 1 aromatic rings. The molecule has 0 saturated carbocycles. The van der Waals surface area contributed by atoms with Gasteiger partial charge < -0.3 is 15.0 Å². The summed E-state index contributed by atoms with van der Waals surface area (Å²) in [5, 5.41) is 3.43. The monoisotopic (exact) mass is 306 g/mol. The van der Waals surface area contributed by atoms with Gasteiger partial charge in [0.15, 0.2) is 0 Å². The molecule has 3 nitrogen and oxygen atoms in total. The van der Waals surface area contributed by atoms with E-state index in [4.69, 9.17) is 4.74 Å². The van der Waals surface area contributed by atoms with Gasteiger partial charge in [0.05, 0.1) is 0 Å². The first kappa shape index (κ1) is 19.0. The molecular weight excluding hydrogens is 272 g/mol. The van der Waals surface area contributed by atoms with Gasteiger partial charge in [-0.2, -0.15) is 0 Å². The fourth-order valence-corrected chi connectivity index (χ4v) is 2.35. The summed E-state index contributed by atoms with van der Waals surface area (Å²) in [5.74, 6) is 0.959. The van der Waals surface area contributed by atoms with Crippen LogP contribution in [0.15, 0.2) is 24.3 Å². The third-order valence-corrected chi connectivity index (χ3v) is 4.57. The molecule has 0 fully saturated rings. The first-order valence-electron chi connectivity index (χ1n) is 8.69. The highest BCUT2D eigenvalue weighted by molar-refractivity contribution is 5.31.